The molecule has 0 saturated heterocycles. The van der Waals surface area contributed by atoms with E-state index in [9.17, 15) is 0 Å². The molecule has 0 atom stereocenters. The van der Waals surface area contributed by atoms with Crippen LogP contribution >= 0.6 is 0 Å². The number of aromatic nitrogens is 3. The third-order valence-corrected chi connectivity index (χ3v) is 3.23. The SMILES string of the molecule is Cc1cccc(C)c1-c1c[c-]c(-n2cncn2)cc1.[Pt]. The van der Waals surface area contributed by atoms with Crippen LogP contribution in [0.3, 0.4) is 0 Å². The van der Waals surface area contributed by atoms with Crippen molar-refractivity contribution in [1.82, 2.24) is 14.8 Å². The Morgan fingerprint density at radius 3 is 2.35 bits per heavy atom. The molecule has 4 heteroatoms. The van der Waals surface area contributed by atoms with Gasteiger partial charge in [-0.15, -0.1) is 11.6 Å². The van der Waals surface area contributed by atoms with Gasteiger partial charge in [-0.25, -0.2) is 9.67 Å². The quantitative estimate of drug-likeness (QED) is 0.569. The number of aryl methyl sites for hydroxylation is 2. The van der Waals surface area contributed by atoms with Crippen LogP contribution < -0.4 is 0 Å². The van der Waals surface area contributed by atoms with Gasteiger partial charge < -0.3 is 0 Å². The number of benzene rings is 2. The predicted octanol–water partition coefficient (Wildman–Crippen LogP) is 3.35. The first kappa shape index (κ1) is 14.7. The second-order valence-corrected chi connectivity index (χ2v) is 4.57. The Hall–Kier alpha value is -1.73. The molecule has 0 amide bonds. The van der Waals surface area contributed by atoms with Gasteiger partial charge in [0.25, 0.3) is 0 Å². The van der Waals surface area contributed by atoms with E-state index in [1.807, 2.05) is 12.1 Å². The molecule has 2 aromatic carbocycles. The molecule has 20 heavy (non-hydrogen) atoms. The largest absolute Gasteiger partial charge is 0.246 e. The van der Waals surface area contributed by atoms with Gasteiger partial charge in [0.15, 0.2) is 0 Å². The maximum absolute atomic E-state index is 4.10. The molecule has 3 rings (SSSR count). The van der Waals surface area contributed by atoms with Crippen molar-refractivity contribution in [2.24, 2.45) is 0 Å². The summed E-state index contributed by atoms with van der Waals surface area (Å²) in [5.41, 5.74) is 5.92. The van der Waals surface area contributed by atoms with Crippen molar-refractivity contribution in [3.63, 3.8) is 0 Å². The fourth-order valence-electron chi connectivity index (χ4n) is 2.32. The Bertz CT molecular complexity index is 668. The van der Waals surface area contributed by atoms with E-state index < -0.39 is 0 Å². The fourth-order valence-corrected chi connectivity index (χ4v) is 2.32. The molecule has 3 aromatic rings. The van der Waals surface area contributed by atoms with Gasteiger partial charge >= 0.3 is 0 Å². The Balaban J connectivity index is 0.00000147. The molecule has 3 nitrogen and oxygen atoms in total. The van der Waals surface area contributed by atoms with Crippen LogP contribution in [-0.4, -0.2) is 14.8 Å². The Labute approximate surface area is 132 Å². The van der Waals surface area contributed by atoms with Crippen LogP contribution in [0.1, 0.15) is 11.1 Å². The summed E-state index contributed by atoms with van der Waals surface area (Å²) in [4.78, 5) is 3.94. The first-order valence-electron chi connectivity index (χ1n) is 6.19. The average molecular weight is 443 g/mol. The molecule has 0 N–H and O–H groups in total. The second kappa shape index (κ2) is 6.15. The molecule has 0 unspecified atom stereocenters. The number of nitrogens with zero attached hydrogens (tertiary/aromatic N) is 3. The van der Waals surface area contributed by atoms with Crippen molar-refractivity contribution < 1.29 is 21.1 Å². The van der Waals surface area contributed by atoms with Crippen molar-refractivity contribution in [1.29, 1.82) is 0 Å². The number of hydrogen-bond donors (Lipinski definition) is 0. The topological polar surface area (TPSA) is 30.7 Å². The van der Waals surface area contributed by atoms with E-state index in [2.05, 4.69) is 54.3 Å². The zero-order chi connectivity index (χ0) is 13.2. The maximum atomic E-state index is 4.10. The van der Waals surface area contributed by atoms with E-state index in [1.165, 1.54) is 28.6 Å². The van der Waals surface area contributed by atoms with Gasteiger partial charge in [-0.2, -0.15) is 23.3 Å². The smallest absolute Gasteiger partial charge is 0.138 e. The molecule has 0 aliphatic carbocycles. The van der Waals surface area contributed by atoms with Gasteiger partial charge in [0.1, 0.15) is 12.7 Å². The van der Waals surface area contributed by atoms with E-state index in [0.29, 0.717) is 0 Å². The van der Waals surface area contributed by atoms with E-state index in [-0.39, 0.29) is 21.1 Å². The van der Waals surface area contributed by atoms with Crippen LogP contribution in [-0.2, 0) is 21.1 Å². The van der Waals surface area contributed by atoms with Gasteiger partial charge in [-0.05, 0) is 19.5 Å². The fraction of sp³-hybridized carbons (Fsp3) is 0.125. The predicted molar refractivity (Wildman–Crippen MR) is 75.1 cm³/mol. The molecule has 104 valence electrons. The summed E-state index contributed by atoms with van der Waals surface area (Å²) in [6, 6.07) is 15.7. The van der Waals surface area contributed by atoms with Crippen LogP contribution in [0.5, 0.6) is 0 Å². The van der Waals surface area contributed by atoms with Gasteiger partial charge in [-0.3, -0.25) is 0 Å². The van der Waals surface area contributed by atoms with Crippen LogP contribution in [0, 0.1) is 19.9 Å². The Morgan fingerprint density at radius 1 is 1.05 bits per heavy atom. The summed E-state index contributed by atoms with van der Waals surface area (Å²) in [6.45, 7) is 4.27. The third kappa shape index (κ3) is 2.73. The van der Waals surface area contributed by atoms with Crippen molar-refractivity contribution in [3.8, 4) is 16.8 Å². The Kier molecular flexibility index (Phi) is 4.51. The van der Waals surface area contributed by atoms with E-state index in [4.69, 9.17) is 0 Å². The van der Waals surface area contributed by atoms with E-state index in [1.54, 1.807) is 11.0 Å². The number of hydrogen-bond acceptors (Lipinski definition) is 2. The molecular formula is C16H14N3Pt-. The minimum absolute atomic E-state index is 0. The van der Waals surface area contributed by atoms with Gasteiger partial charge in [0.05, 0.1) is 0 Å². The molecule has 0 radical (unpaired) electrons. The molecule has 0 fully saturated rings. The monoisotopic (exact) mass is 443 g/mol. The molecule has 0 saturated carbocycles. The van der Waals surface area contributed by atoms with Crippen LogP contribution in [0.15, 0.2) is 49.1 Å². The molecule has 1 aromatic heterocycles. The summed E-state index contributed by atoms with van der Waals surface area (Å²) in [6.07, 6.45) is 3.19. The minimum Gasteiger partial charge on any atom is -0.246 e. The first-order chi connectivity index (χ1) is 9.25. The average Bonchev–Trinajstić information content (AvgIpc) is 2.93. The van der Waals surface area contributed by atoms with Gasteiger partial charge in [0, 0.05) is 21.1 Å². The van der Waals surface area contributed by atoms with Crippen molar-refractivity contribution in [2.45, 2.75) is 13.8 Å². The van der Waals surface area contributed by atoms with Gasteiger partial charge in [-0.1, -0.05) is 34.9 Å². The van der Waals surface area contributed by atoms with E-state index in [0.717, 1.165) is 5.69 Å². The molecule has 1 heterocycles. The van der Waals surface area contributed by atoms with Crippen LogP contribution in [0.4, 0.5) is 0 Å². The third-order valence-electron chi connectivity index (χ3n) is 3.23. The summed E-state index contributed by atoms with van der Waals surface area (Å²) in [5.74, 6) is 0. The second-order valence-electron chi connectivity index (χ2n) is 4.57. The normalized spacial score (nSPS) is 10.1. The van der Waals surface area contributed by atoms with Gasteiger partial charge in [0.2, 0.25) is 0 Å². The van der Waals surface area contributed by atoms with E-state index >= 15 is 0 Å². The van der Waals surface area contributed by atoms with Crippen LogP contribution in [0.25, 0.3) is 16.8 Å². The summed E-state index contributed by atoms with van der Waals surface area (Å²) in [5, 5.41) is 4.10. The first-order valence-corrected chi connectivity index (χ1v) is 6.19. The minimum atomic E-state index is 0. The number of rotatable bonds is 2. The summed E-state index contributed by atoms with van der Waals surface area (Å²) in [7, 11) is 0. The van der Waals surface area contributed by atoms with Crippen LogP contribution in [0.2, 0.25) is 0 Å². The Morgan fingerprint density at radius 2 is 1.80 bits per heavy atom. The zero-order valence-corrected chi connectivity index (χ0v) is 13.5. The summed E-state index contributed by atoms with van der Waals surface area (Å²) >= 11 is 0. The van der Waals surface area contributed by atoms with Crippen molar-refractivity contribution >= 4 is 0 Å². The van der Waals surface area contributed by atoms with Crippen molar-refractivity contribution in [2.75, 3.05) is 0 Å². The molecule has 0 bridgehead atoms. The molecule has 0 aliphatic rings. The van der Waals surface area contributed by atoms with Crippen molar-refractivity contribution in [3.05, 3.63) is 66.2 Å². The molecule has 0 spiro atoms. The summed E-state index contributed by atoms with van der Waals surface area (Å²) < 4.78 is 1.70. The zero-order valence-electron chi connectivity index (χ0n) is 11.3. The molecular weight excluding hydrogens is 429 g/mol. The molecule has 0 aliphatic heterocycles. The maximum Gasteiger partial charge on any atom is 0.138 e. The standard InChI is InChI=1S/C16H14N3.Pt/c1-12-4-3-5-13(2)16(12)14-6-8-15(9-7-14)19-11-17-10-18-19;/h3-8,10-11H,1-2H3;/q-1;.